The first-order valence-electron chi connectivity index (χ1n) is 6.16. The van der Waals surface area contributed by atoms with Crippen molar-refractivity contribution in [3.8, 4) is 0 Å². The number of rotatable bonds is 3. The molecule has 0 atom stereocenters. The third-order valence-electron chi connectivity index (χ3n) is 2.95. The highest BCUT2D eigenvalue weighted by molar-refractivity contribution is 7.92. The zero-order valence-electron chi connectivity index (χ0n) is 11.6. The number of sulfonamides is 1. The van der Waals surface area contributed by atoms with Gasteiger partial charge < -0.3 is 0 Å². The topological polar surface area (TPSA) is 46.2 Å². The number of nitrogens with one attached hydrogen (secondary N) is 1. The zero-order chi connectivity index (χ0) is 17.4. The van der Waals surface area contributed by atoms with E-state index in [-0.39, 0.29) is 16.1 Å². The normalized spacial score (nSPS) is 12.3. The Balaban J connectivity index is 2.42. The molecule has 0 saturated heterocycles. The first-order chi connectivity index (χ1) is 10.5. The van der Waals surface area contributed by atoms with Crippen LogP contribution >= 0.6 is 11.6 Å². The molecule has 0 aromatic heterocycles. The molecule has 2 rings (SSSR count). The maximum Gasteiger partial charge on any atom is 0.417 e. The molecule has 1 N–H and O–H groups in total. The van der Waals surface area contributed by atoms with E-state index in [1.165, 1.54) is 6.92 Å². The van der Waals surface area contributed by atoms with Gasteiger partial charge in [0.25, 0.3) is 10.0 Å². The molecule has 3 nitrogen and oxygen atoms in total. The van der Waals surface area contributed by atoms with Crippen LogP contribution in [-0.2, 0) is 16.2 Å². The summed E-state index contributed by atoms with van der Waals surface area (Å²) in [6.45, 7) is 1.38. The highest BCUT2D eigenvalue weighted by Gasteiger charge is 2.33. The van der Waals surface area contributed by atoms with Crippen molar-refractivity contribution < 1.29 is 26.0 Å². The van der Waals surface area contributed by atoms with E-state index < -0.39 is 32.6 Å². The van der Waals surface area contributed by atoms with E-state index in [0.29, 0.717) is 6.07 Å². The molecule has 9 heteroatoms. The van der Waals surface area contributed by atoms with Crippen molar-refractivity contribution in [2.75, 3.05) is 4.72 Å². The average Bonchev–Trinajstić information content (AvgIpc) is 2.39. The molecule has 0 unspecified atom stereocenters. The van der Waals surface area contributed by atoms with Gasteiger partial charge in [0.2, 0.25) is 0 Å². The van der Waals surface area contributed by atoms with Crippen LogP contribution < -0.4 is 4.72 Å². The fraction of sp³-hybridized carbons (Fsp3) is 0.143. The molecule has 0 aliphatic carbocycles. The molecule has 2 aromatic rings. The van der Waals surface area contributed by atoms with Crippen molar-refractivity contribution in [3.63, 3.8) is 0 Å². The van der Waals surface area contributed by atoms with E-state index in [4.69, 9.17) is 11.6 Å². The van der Waals surface area contributed by atoms with E-state index in [1.807, 2.05) is 4.72 Å². The summed E-state index contributed by atoms with van der Waals surface area (Å²) < 4.78 is 77.9. The van der Waals surface area contributed by atoms with Crippen molar-refractivity contribution in [1.29, 1.82) is 0 Å². The lowest BCUT2D eigenvalue weighted by Gasteiger charge is -2.13. The Morgan fingerprint density at radius 3 is 2.30 bits per heavy atom. The largest absolute Gasteiger partial charge is 0.417 e. The number of benzene rings is 2. The maximum atomic E-state index is 13.0. The molecule has 0 fully saturated rings. The van der Waals surface area contributed by atoms with Crippen LogP contribution in [0.2, 0.25) is 5.02 Å². The average molecular weight is 368 g/mol. The number of alkyl halides is 3. The summed E-state index contributed by atoms with van der Waals surface area (Å²) in [6.07, 6.45) is -4.72. The minimum atomic E-state index is -4.72. The number of hydrogen-bond acceptors (Lipinski definition) is 2. The lowest BCUT2D eigenvalue weighted by atomic mass is 10.2. The van der Waals surface area contributed by atoms with Gasteiger partial charge in [0.05, 0.1) is 15.5 Å². The summed E-state index contributed by atoms with van der Waals surface area (Å²) >= 11 is 5.47. The molecule has 124 valence electrons. The van der Waals surface area contributed by atoms with Gasteiger partial charge in [0, 0.05) is 5.69 Å². The number of aryl methyl sites for hydroxylation is 1. The van der Waals surface area contributed by atoms with Crippen LogP contribution in [0, 0.1) is 12.7 Å². The van der Waals surface area contributed by atoms with Crippen molar-refractivity contribution in [2.24, 2.45) is 0 Å². The van der Waals surface area contributed by atoms with E-state index in [0.717, 1.165) is 30.3 Å². The second-order valence-corrected chi connectivity index (χ2v) is 6.77. The molecule has 0 bridgehead atoms. The highest BCUT2D eigenvalue weighted by Crippen LogP contribution is 2.36. The van der Waals surface area contributed by atoms with E-state index in [9.17, 15) is 26.0 Å². The number of anilines is 1. The van der Waals surface area contributed by atoms with Crippen LogP contribution in [0.15, 0.2) is 41.3 Å². The molecule has 23 heavy (non-hydrogen) atoms. The Morgan fingerprint density at radius 1 is 1.09 bits per heavy atom. The van der Waals surface area contributed by atoms with E-state index in [2.05, 4.69) is 0 Å². The summed E-state index contributed by atoms with van der Waals surface area (Å²) in [5.41, 5.74) is -1.33. The third kappa shape index (κ3) is 3.94. The minimum Gasteiger partial charge on any atom is -0.280 e. The fourth-order valence-electron chi connectivity index (χ4n) is 1.93. The quantitative estimate of drug-likeness (QED) is 0.805. The summed E-state index contributed by atoms with van der Waals surface area (Å²) in [5, 5.41) is -0.543. The molecule has 0 aliphatic rings. The highest BCUT2D eigenvalue weighted by atomic mass is 35.5. The Bertz CT molecular complexity index is 850. The lowest BCUT2D eigenvalue weighted by molar-refractivity contribution is -0.137. The smallest absolute Gasteiger partial charge is 0.280 e. The second-order valence-electron chi connectivity index (χ2n) is 4.71. The molecule has 0 spiro atoms. The van der Waals surface area contributed by atoms with Crippen LogP contribution in [0.25, 0.3) is 0 Å². The summed E-state index contributed by atoms with van der Waals surface area (Å²) in [6, 6.07) is 5.64. The van der Waals surface area contributed by atoms with Gasteiger partial charge >= 0.3 is 6.18 Å². The molecule has 0 radical (unpaired) electrons. The summed E-state index contributed by atoms with van der Waals surface area (Å²) in [5.74, 6) is -0.618. The van der Waals surface area contributed by atoms with Gasteiger partial charge in [-0.05, 0) is 48.9 Å². The fourth-order valence-corrected chi connectivity index (χ4v) is 3.43. The van der Waals surface area contributed by atoms with Crippen LogP contribution in [-0.4, -0.2) is 8.42 Å². The predicted molar refractivity (Wildman–Crippen MR) is 78.4 cm³/mol. The molecular formula is C14H10ClF4NO2S. The van der Waals surface area contributed by atoms with Gasteiger partial charge in [-0.3, -0.25) is 4.72 Å². The zero-order valence-corrected chi connectivity index (χ0v) is 13.2. The van der Waals surface area contributed by atoms with Crippen LogP contribution in [0.3, 0.4) is 0 Å². The van der Waals surface area contributed by atoms with E-state index in [1.54, 1.807) is 0 Å². The maximum absolute atomic E-state index is 13.0. The van der Waals surface area contributed by atoms with Gasteiger partial charge in [-0.2, -0.15) is 13.2 Å². The molecule has 0 heterocycles. The number of hydrogen-bond donors (Lipinski definition) is 1. The predicted octanol–water partition coefficient (Wildman–Crippen LogP) is 4.61. The molecule has 0 aliphatic heterocycles. The van der Waals surface area contributed by atoms with Crippen LogP contribution in [0.1, 0.15) is 11.1 Å². The number of halogens is 5. The lowest BCUT2D eigenvalue weighted by Crippen LogP contribution is -2.15. The minimum absolute atomic E-state index is 0.127. The van der Waals surface area contributed by atoms with Crippen LogP contribution in [0.5, 0.6) is 0 Å². The molecular weight excluding hydrogens is 358 g/mol. The van der Waals surface area contributed by atoms with Gasteiger partial charge in [-0.25, -0.2) is 12.8 Å². The monoisotopic (exact) mass is 367 g/mol. The van der Waals surface area contributed by atoms with Crippen molar-refractivity contribution >= 4 is 27.3 Å². The summed E-state index contributed by atoms with van der Waals surface area (Å²) in [4.78, 5) is -0.234. The van der Waals surface area contributed by atoms with Crippen LogP contribution in [0.4, 0.5) is 23.2 Å². The van der Waals surface area contributed by atoms with Crippen molar-refractivity contribution in [3.05, 3.63) is 58.4 Å². The first kappa shape index (κ1) is 17.6. The third-order valence-corrected chi connectivity index (χ3v) is 4.82. The molecule has 0 saturated carbocycles. The Hall–Kier alpha value is -1.80. The van der Waals surface area contributed by atoms with Gasteiger partial charge in [0.1, 0.15) is 5.82 Å². The standard InChI is InChI=1S/C14H10ClF4NO2S/c1-8-6-9(16)2-5-13(8)23(21,22)20-10-3-4-12(15)11(7-10)14(17,18)19/h2-7,20H,1H3. The SMILES string of the molecule is Cc1cc(F)ccc1S(=O)(=O)Nc1ccc(Cl)c(C(F)(F)F)c1. The Labute approximate surface area is 134 Å². The first-order valence-corrected chi connectivity index (χ1v) is 8.02. The van der Waals surface area contributed by atoms with Crippen molar-refractivity contribution in [2.45, 2.75) is 18.0 Å². The molecule has 2 aromatic carbocycles. The van der Waals surface area contributed by atoms with E-state index >= 15 is 0 Å². The van der Waals surface area contributed by atoms with Crippen molar-refractivity contribution in [1.82, 2.24) is 0 Å². The van der Waals surface area contributed by atoms with Gasteiger partial charge in [-0.15, -0.1) is 0 Å². The van der Waals surface area contributed by atoms with Gasteiger partial charge in [-0.1, -0.05) is 11.6 Å². The Morgan fingerprint density at radius 2 is 1.74 bits per heavy atom. The Kier molecular flexibility index (Phi) is 4.59. The van der Waals surface area contributed by atoms with Gasteiger partial charge in [0.15, 0.2) is 0 Å². The summed E-state index contributed by atoms with van der Waals surface area (Å²) in [7, 11) is -4.16. The molecule has 0 amide bonds. The second kappa shape index (κ2) is 6.01.